The van der Waals surface area contributed by atoms with Gasteiger partial charge in [-0.3, -0.25) is 4.79 Å². The van der Waals surface area contributed by atoms with Gasteiger partial charge in [-0.1, -0.05) is 0 Å². The minimum atomic E-state index is -3.29. The summed E-state index contributed by atoms with van der Waals surface area (Å²) < 4.78 is 23.4. The van der Waals surface area contributed by atoms with E-state index >= 15 is 0 Å². The normalized spacial score (nSPS) is 26.6. The Balaban J connectivity index is 2.79. The van der Waals surface area contributed by atoms with Gasteiger partial charge in [-0.05, 0) is 0 Å². The van der Waals surface area contributed by atoms with Crippen molar-refractivity contribution in [2.45, 2.75) is 5.25 Å². The van der Waals surface area contributed by atoms with Crippen LogP contribution in [0.5, 0.6) is 0 Å². The molecule has 76 valence electrons. The number of thiol groups is 1. The third kappa shape index (κ3) is 3.17. The molecule has 1 fully saturated rings. The second kappa shape index (κ2) is 3.85. The zero-order chi connectivity index (χ0) is 10.1. The molecule has 1 amide bonds. The van der Waals surface area contributed by atoms with E-state index < -0.39 is 10.0 Å². The van der Waals surface area contributed by atoms with Crippen molar-refractivity contribution in [3.8, 4) is 0 Å². The molecule has 1 heterocycles. The fraction of sp³-hybridized carbons (Fsp3) is 0.833. The molecular formula is C6H12N2O3S2. The Morgan fingerprint density at radius 1 is 1.62 bits per heavy atom. The highest BCUT2D eigenvalue weighted by molar-refractivity contribution is 7.88. The number of carbonyl (C=O) groups excluding carboxylic acids is 1. The van der Waals surface area contributed by atoms with Crippen molar-refractivity contribution in [2.75, 3.05) is 25.9 Å². The van der Waals surface area contributed by atoms with E-state index in [9.17, 15) is 13.2 Å². The first-order valence-corrected chi connectivity index (χ1v) is 6.16. The van der Waals surface area contributed by atoms with E-state index in [1.54, 1.807) is 0 Å². The van der Waals surface area contributed by atoms with E-state index in [1.165, 1.54) is 0 Å². The first-order chi connectivity index (χ1) is 5.89. The molecule has 0 radical (unpaired) electrons. The third-order valence-electron chi connectivity index (χ3n) is 1.74. The Labute approximate surface area is 82.9 Å². The molecule has 0 aromatic heterocycles. The summed E-state index contributed by atoms with van der Waals surface area (Å²) in [6.07, 6.45) is 1.09. The summed E-state index contributed by atoms with van der Waals surface area (Å²) in [4.78, 5) is 11.0. The lowest BCUT2D eigenvalue weighted by atomic mass is 10.4. The first-order valence-electron chi connectivity index (χ1n) is 3.79. The molecule has 0 spiro atoms. The molecular weight excluding hydrogens is 212 g/mol. The van der Waals surface area contributed by atoms with Crippen LogP contribution in [0.15, 0.2) is 0 Å². The van der Waals surface area contributed by atoms with Crippen molar-refractivity contribution in [1.82, 2.24) is 9.62 Å². The molecule has 1 aliphatic heterocycles. The lowest BCUT2D eigenvalue weighted by Crippen LogP contribution is -2.37. The van der Waals surface area contributed by atoms with Gasteiger partial charge in [0.15, 0.2) is 0 Å². The topological polar surface area (TPSA) is 66.5 Å². The molecule has 1 unspecified atom stereocenters. The van der Waals surface area contributed by atoms with Gasteiger partial charge in [0, 0.05) is 18.3 Å². The Kier molecular flexibility index (Phi) is 3.20. The highest BCUT2D eigenvalue weighted by Crippen LogP contribution is 2.06. The van der Waals surface area contributed by atoms with Gasteiger partial charge in [0.2, 0.25) is 15.9 Å². The zero-order valence-electron chi connectivity index (χ0n) is 7.23. The summed E-state index contributed by atoms with van der Waals surface area (Å²) in [6, 6.07) is 0. The number of amides is 1. The molecule has 1 saturated heterocycles. The van der Waals surface area contributed by atoms with Gasteiger partial charge < -0.3 is 5.32 Å². The molecule has 0 aromatic rings. The number of sulfonamides is 1. The van der Waals surface area contributed by atoms with Gasteiger partial charge >= 0.3 is 0 Å². The van der Waals surface area contributed by atoms with Gasteiger partial charge in [-0.25, -0.2) is 8.42 Å². The molecule has 13 heavy (non-hydrogen) atoms. The van der Waals surface area contributed by atoms with E-state index in [0.29, 0.717) is 6.54 Å². The fourth-order valence-corrected chi connectivity index (χ4v) is 2.27. The lowest BCUT2D eigenvalue weighted by molar-refractivity contribution is -0.120. The van der Waals surface area contributed by atoms with Gasteiger partial charge in [-0.15, -0.1) is 0 Å². The Hall–Kier alpha value is -0.270. The molecule has 1 N–H and O–H groups in total. The van der Waals surface area contributed by atoms with Gasteiger partial charge in [0.05, 0.1) is 12.8 Å². The standard InChI is InChI=1S/C6H12N2O3S2/c1-13(10,11)8-3-5(12)2-7-6(9)4-8/h5,12H,2-4H2,1H3,(H,7,9). The number of nitrogens with one attached hydrogen (secondary N) is 1. The molecule has 1 aliphatic rings. The lowest BCUT2D eigenvalue weighted by Gasteiger charge is -2.17. The summed E-state index contributed by atoms with van der Waals surface area (Å²) in [5.41, 5.74) is 0. The minimum Gasteiger partial charge on any atom is -0.354 e. The fourth-order valence-electron chi connectivity index (χ4n) is 1.06. The highest BCUT2D eigenvalue weighted by Gasteiger charge is 2.25. The summed E-state index contributed by atoms with van der Waals surface area (Å²) in [5, 5.41) is 2.44. The number of hydrogen-bond acceptors (Lipinski definition) is 4. The maximum absolute atomic E-state index is 11.1. The first kappa shape index (κ1) is 10.8. The second-order valence-electron chi connectivity index (χ2n) is 3.01. The molecule has 0 bridgehead atoms. The van der Waals surface area contributed by atoms with Crippen LogP contribution in [0.1, 0.15) is 0 Å². The number of nitrogens with zero attached hydrogens (tertiary/aromatic N) is 1. The average molecular weight is 224 g/mol. The van der Waals surface area contributed by atoms with E-state index in [-0.39, 0.29) is 24.2 Å². The number of hydrogen-bond donors (Lipinski definition) is 2. The summed E-state index contributed by atoms with van der Waals surface area (Å²) >= 11 is 4.14. The monoisotopic (exact) mass is 224 g/mol. The number of carbonyl (C=O) groups is 1. The van der Waals surface area contributed by atoms with Crippen LogP contribution in [0.4, 0.5) is 0 Å². The van der Waals surface area contributed by atoms with Crippen molar-refractivity contribution in [3.05, 3.63) is 0 Å². The largest absolute Gasteiger partial charge is 0.354 e. The van der Waals surface area contributed by atoms with Crippen molar-refractivity contribution in [1.29, 1.82) is 0 Å². The van der Waals surface area contributed by atoms with Crippen LogP contribution in [0, 0.1) is 0 Å². The minimum absolute atomic E-state index is 0.101. The highest BCUT2D eigenvalue weighted by atomic mass is 32.2. The Morgan fingerprint density at radius 2 is 2.23 bits per heavy atom. The molecule has 0 saturated carbocycles. The molecule has 1 atom stereocenters. The van der Waals surface area contributed by atoms with Crippen molar-refractivity contribution in [3.63, 3.8) is 0 Å². The van der Waals surface area contributed by atoms with Gasteiger partial charge in [0.1, 0.15) is 0 Å². The smallest absolute Gasteiger partial charge is 0.235 e. The van der Waals surface area contributed by atoms with Crippen molar-refractivity contribution >= 4 is 28.6 Å². The second-order valence-corrected chi connectivity index (χ2v) is 5.73. The van der Waals surface area contributed by atoms with Crippen molar-refractivity contribution in [2.24, 2.45) is 0 Å². The molecule has 0 aromatic carbocycles. The third-order valence-corrected chi connectivity index (χ3v) is 3.30. The Morgan fingerprint density at radius 3 is 2.77 bits per heavy atom. The van der Waals surface area contributed by atoms with Crippen LogP contribution >= 0.6 is 12.6 Å². The molecule has 5 nitrogen and oxygen atoms in total. The molecule has 1 rings (SSSR count). The maximum Gasteiger partial charge on any atom is 0.235 e. The SMILES string of the molecule is CS(=O)(=O)N1CC(=O)NCC(S)C1. The van der Waals surface area contributed by atoms with Crippen LogP contribution in [-0.4, -0.2) is 49.8 Å². The molecule has 7 heteroatoms. The van der Waals surface area contributed by atoms with Crippen LogP contribution in [-0.2, 0) is 14.8 Å². The molecule has 0 aliphatic carbocycles. The van der Waals surface area contributed by atoms with E-state index in [2.05, 4.69) is 17.9 Å². The number of rotatable bonds is 1. The zero-order valence-corrected chi connectivity index (χ0v) is 8.94. The Bertz CT molecular complexity index is 301. The van der Waals surface area contributed by atoms with Gasteiger partial charge in [-0.2, -0.15) is 16.9 Å². The van der Waals surface area contributed by atoms with Crippen LogP contribution in [0.25, 0.3) is 0 Å². The predicted molar refractivity (Wildman–Crippen MR) is 52.2 cm³/mol. The van der Waals surface area contributed by atoms with E-state index in [0.717, 1.165) is 10.6 Å². The average Bonchev–Trinajstić information content (AvgIpc) is 2.12. The quantitative estimate of drug-likeness (QED) is 0.543. The van der Waals surface area contributed by atoms with Crippen molar-refractivity contribution < 1.29 is 13.2 Å². The maximum atomic E-state index is 11.1. The van der Waals surface area contributed by atoms with Gasteiger partial charge in [0.25, 0.3) is 0 Å². The van der Waals surface area contributed by atoms with E-state index in [4.69, 9.17) is 0 Å². The van der Waals surface area contributed by atoms with E-state index in [1.807, 2.05) is 0 Å². The van der Waals surface area contributed by atoms with Crippen LogP contribution in [0.3, 0.4) is 0 Å². The summed E-state index contributed by atoms with van der Waals surface area (Å²) in [7, 11) is -3.29. The summed E-state index contributed by atoms with van der Waals surface area (Å²) in [5.74, 6) is -0.276. The summed E-state index contributed by atoms with van der Waals surface area (Å²) in [6.45, 7) is 0.588. The van der Waals surface area contributed by atoms with Crippen LogP contribution < -0.4 is 5.32 Å². The van der Waals surface area contributed by atoms with Crippen LogP contribution in [0.2, 0.25) is 0 Å². The predicted octanol–water partition coefficient (Wildman–Crippen LogP) is -1.32.